The van der Waals surface area contributed by atoms with E-state index in [0.717, 1.165) is 6.54 Å². The van der Waals surface area contributed by atoms with Crippen molar-refractivity contribution in [2.75, 3.05) is 6.54 Å². The van der Waals surface area contributed by atoms with Crippen molar-refractivity contribution in [3.05, 3.63) is 6.17 Å². The van der Waals surface area contributed by atoms with Crippen LogP contribution in [0.25, 0.3) is 0 Å². The molecule has 0 amide bonds. The Labute approximate surface area is 103 Å². The van der Waals surface area contributed by atoms with Crippen molar-refractivity contribution in [3.63, 3.8) is 0 Å². The standard InChI is InChI=1S/C14H31N2/c1-7-9-13(8-2)16-12(3)15-11-10-14(4,5)6/h13,15-16H,7-11H2,1-6H3. The van der Waals surface area contributed by atoms with Crippen LogP contribution in [0.4, 0.5) is 0 Å². The summed E-state index contributed by atoms with van der Waals surface area (Å²) < 4.78 is 0. The highest BCUT2D eigenvalue weighted by atomic mass is 15.1. The van der Waals surface area contributed by atoms with E-state index < -0.39 is 0 Å². The topological polar surface area (TPSA) is 24.1 Å². The predicted octanol–water partition coefficient (Wildman–Crippen LogP) is 3.69. The number of rotatable bonds is 8. The van der Waals surface area contributed by atoms with E-state index in [1.165, 1.54) is 31.8 Å². The average Bonchev–Trinajstić information content (AvgIpc) is 2.15. The van der Waals surface area contributed by atoms with Crippen LogP contribution in [0, 0.1) is 11.6 Å². The minimum Gasteiger partial charge on any atom is -0.297 e. The van der Waals surface area contributed by atoms with Gasteiger partial charge in [-0.25, -0.2) is 0 Å². The maximum Gasteiger partial charge on any atom is 0.0981 e. The highest BCUT2D eigenvalue weighted by molar-refractivity contribution is 4.82. The van der Waals surface area contributed by atoms with E-state index in [-0.39, 0.29) is 0 Å². The molecule has 0 saturated heterocycles. The molecule has 0 rings (SSSR count). The van der Waals surface area contributed by atoms with Gasteiger partial charge in [0.15, 0.2) is 0 Å². The molecular formula is C14H31N2. The van der Waals surface area contributed by atoms with Gasteiger partial charge in [0.2, 0.25) is 0 Å². The van der Waals surface area contributed by atoms with Crippen LogP contribution in [0.1, 0.15) is 67.2 Å². The Hall–Kier alpha value is -0.0800. The van der Waals surface area contributed by atoms with E-state index in [9.17, 15) is 0 Å². The highest BCUT2D eigenvalue weighted by Crippen LogP contribution is 2.17. The second-order valence-corrected chi connectivity index (χ2v) is 5.90. The Kier molecular flexibility index (Phi) is 8.04. The van der Waals surface area contributed by atoms with E-state index in [0.29, 0.717) is 11.5 Å². The minimum atomic E-state index is 0.418. The van der Waals surface area contributed by atoms with Crippen LogP contribution < -0.4 is 10.6 Å². The van der Waals surface area contributed by atoms with Crippen LogP contribution in [0.3, 0.4) is 0 Å². The molecule has 16 heavy (non-hydrogen) atoms. The summed E-state index contributed by atoms with van der Waals surface area (Å²) in [6.07, 6.45) is 6.14. The molecule has 1 unspecified atom stereocenters. The van der Waals surface area contributed by atoms with Crippen LogP contribution >= 0.6 is 0 Å². The Morgan fingerprint density at radius 2 is 1.81 bits per heavy atom. The predicted molar refractivity (Wildman–Crippen MR) is 73.1 cm³/mol. The fraction of sp³-hybridized carbons (Fsp3) is 0.929. The molecule has 0 heterocycles. The molecule has 1 radical (unpaired) electrons. The van der Waals surface area contributed by atoms with Gasteiger partial charge in [-0.15, -0.1) is 0 Å². The molecule has 0 fully saturated rings. The fourth-order valence-corrected chi connectivity index (χ4v) is 1.71. The maximum absolute atomic E-state index is 3.56. The fourth-order valence-electron chi connectivity index (χ4n) is 1.71. The molecule has 0 aliphatic carbocycles. The van der Waals surface area contributed by atoms with Gasteiger partial charge in [-0.05, 0) is 38.1 Å². The zero-order chi connectivity index (χ0) is 12.6. The monoisotopic (exact) mass is 227 g/mol. The molecule has 2 heteroatoms. The molecule has 0 aliphatic rings. The van der Waals surface area contributed by atoms with Gasteiger partial charge in [0.05, 0.1) is 6.17 Å². The normalized spacial score (nSPS) is 14.4. The van der Waals surface area contributed by atoms with Gasteiger partial charge in [-0.2, -0.15) is 0 Å². The summed E-state index contributed by atoms with van der Waals surface area (Å²) in [5.41, 5.74) is 0.418. The van der Waals surface area contributed by atoms with E-state index in [2.05, 4.69) is 52.2 Å². The summed E-state index contributed by atoms with van der Waals surface area (Å²) in [7, 11) is 0. The molecule has 0 aliphatic heterocycles. The molecule has 97 valence electrons. The second-order valence-electron chi connectivity index (χ2n) is 5.90. The van der Waals surface area contributed by atoms with Crippen molar-refractivity contribution in [1.29, 1.82) is 0 Å². The molecule has 2 nitrogen and oxygen atoms in total. The average molecular weight is 227 g/mol. The van der Waals surface area contributed by atoms with Crippen molar-refractivity contribution in [1.82, 2.24) is 10.6 Å². The quantitative estimate of drug-likeness (QED) is 0.661. The zero-order valence-electron chi connectivity index (χ0n) is 12.1. The van der Waals surface area contributed by atoms with Crippen molar-refractivity contribution in [2.45, 2.75) is 73.3 Å². The third-order valence-electron chi connectivity index (χ3n) is 2.82. The molecule has 0 saturated carbocycles. The molecule has 1 atom stereocenters. The summed E-state index contributed by atoms with van der Waals surface area (Å²) in [6.45, 7) is 14.5. The van der Waals surface area contributed by atoms with Crippen molar-refractivity contribution in [3.8, 4) is 0 Å². The summed E-state index contributed by atoms with van der Waals surface area (Å²) in [5.74, 6) is 0. The van der Waals surface area contributed by atoms with E-state index in [1.807, 2.05) is 0 Å². The SMILES string of the molecule is CCCC(CC)N[C](C)NCCC(C)(C)C. The Bertz CT molecular complexity index is 161. The first-order chi connectivity index (χ1) is 7.39. The Morgan fingerprint density at radius 1 is 1.19 bits per heavy atom. The maximum atomic E-state index is 3.56. The molecule has 0 bridgehead atoms. The zero-order valence-corrected chi connectivity index (χ0v) is 12.1. The van der Waals surface area contributed by atoms with Crippen LogP contribution in [0.5, 0.6) is 0 Å². The summed E-state index contributed by atoms with van der Waals surface area (Å²) in [6, 6.07) is 0.632. The van der Waals surface area contributed by atoms with E-state index in [1.54, 1.807) is 0 Å². The lowest BCUT2D eigenvalue weighted by Crippen LogP contribution is -2.39. The smallest absolute Gasteiger partial charge is 0.0981 e. The van der Waals surface area contributed by atoms with E-state index >= 15 is 0 Å². The van der Waals surface area contributed by atoms with Gasteiger partial charge >= 0.3 is 0 Å². The Morgan fingerprint density at radius 3 is 2.25 bits per heavy atom. The van der Waals surface area contributed by atoms with E-state index in [4.69, 9.17) is 0 Å². The van der Waals surface area contributed by atoms with Crippen molar-refractivity contribution < 1.29 is 0 Å². The Balaban J connectivity index is 3.67. The first-order valence-electron chi connectivity index (χ1n) is 6.73. The lowest BCUT2D eigenvalue weighted by Gasteiger charge is -2.24. The third-order valence-corrected chi connectivity index (χ3v) is 2.82. The number of nitrogens with one attached hydrogen (secondary N) is 2. The summed E-state index contributed by atoms with van der Waals surface area (Å²) in [4.78, 5) is 0. The molecule has 0 spiro atoms. The van der Waals surface area contributed by atoms with Gasteiger partial charge in [-0.1, -0.05) is 41.0 Å². The van der Waals surface area contributed by atoms with Crippen LogP contribution in [0.2, 0.25) is 0 Å². The second kappa shape index (κ2) is 8.08. The number of hydrogen-bond acceptors (Lipinski definition) is 2. The van der Waals surface area contributed by atoms with Crippen molar-refractivity contribution >= 4 is 0 Å². The van der Waals surface area contributed by atoms with Gasteiger partial charge in [-0.3, -0.25) is 10.6 Å². The molecule has 0 aromatic rings. The van der Waals surface area contributed by atoms with Gasteiger partial charge in [0.25, 0.3) is 0 Å². The highest BCUT2D eigenvalue weighted by Gasteiger charge is 2.12. The summed E-state index contributed by atoms with van der Waals surface area (Å²) >= 11 is 0. The largest absolute Gasteiger partial charge is 0.297 e. The molecule has 0 aromatic heterocycles. The van der Waals surface area contributed by atoms with Gasteiger partial charge in [0.1, 0.15) is 0 Å². The summed E-state index contributed by atoms with van der Waals surface area (Å²) in [5, 5.41) is 7.03. The van der Waals surface area contributed by atoms with Crippen LogP contribution in [0.15, 0.2) is 0 Å². The number of hydrogen-bond donors (Lipinski definition) is 2. The molecule has 0 aromatic carbocycles. The first-order valence-corrected chi connectivity index (χ1v) is 6.73. The minimum absolute atomic E-state index is 0.418. The first kappa shape index (κ1) is 15.9. The lowest BCUT2D eigenvalue weighted by atomic mass is 9.92. The van der Waals surface area contributed by atoms with Gasteiger partial charge < -0.3 is 0 Å². The van der Waals surface area contributed by atoms with Gasteiger partial charge in [0, 0.05) is 6.04 Å². The lowest BCUT2D eigenvalue weighted by molar-refractivity contribution is 0.357. The van der Waals surface area contributed by atoms with Crippen molar-refractivity contribution in [2.24, 2.45) is 5.41 Å². The third kappa shape index (κ3) is 9.17. The van der Waals surface area contributed by atoms with Crippen LogP contribution in [-0.2, 0) is 0 Å². The molecular weight excluding hydrogens is 196 g/mol. The molecule has 2 N–H and O–H groups in total. The van der Waals surface area contributed by atoms with Crippen LogP contribution in [-0.4, -0.2) is 12.6 Å².